The molecule has 0 saturated carbocycles. The zero-order chi connectivity index (χ0) is 13.3. The van der Waals surface area contributed by atoms with Crippen molar-refractivity contribution in [2.45, 2.75) is 44.9 Å². The fourth-order valence-electron chi connectivity index (χ4n) is 2.40. The second kappa shape index (κ2) is 4.70. The van der Waals surface area contributed by atoms with E-state index in [9.17, 15) is 4.79 Å². The van der Waals surface area contributed by atoms with E-state index in [1.54, 1.807) is 13.1 Å². The highest BCUT2D eigenvalue weighted by molar-refractivity contribution is 5.77. The van der Waals surface area contributed by atoms with Crippen molar-refractivity contribution in [1.82, 2.24) is 14.5 Å². The minimum Gasteiger partial charge on any atom is -0.480 e. The van der Waals surface area contributed by atoms with Crippen LogP contribution < -0.4 is 5.73 Å². The summed E-state index contributed by atoms with van der Waals surface area (Å²) in [5.74, 6) is 0.0787. The van der Waals surface area contributed by atoms with Gasteiger partial charge in [0.05, 0.1) is 6.54 Å². The van der Waals surface area contributed by atoms with Crippen molar-refractivity contribution in [2.24, 2.45) is 5.73 Å². The van der Waals surface area contributed by atoms with Crippen LogP contribution in [-0.4, -0.2) is 43.7 Å². The summed E-state index contributed by atoms with van der Waals surface area (Å²) in [7, 11) is 0. The van der Waals surface area contributed by atoms with Gasteiger partial charge in [0.25, 0.3) is 0 Å². The maximum atomic E-state index is 11.0. The first-order chi connectivity index (χ1) is 8.40. The normalized spacial score (nSPS) is 21.1. The molecule has 18 heavy (non-hydrogen) atoms. The van der Waals surface area contributed by atoms with E-state index in [1.807, 2.05) is 13.1 Å². The molecule has 0 aromatic carbocycles. The van der Waals surface area contributed by atoms with Crippen molar-refractivity contribution in [3.8, 4) is 0 Å². The Kier molecular flexibility index (Phi) is 3.41. The molecule has 2 atom stereocenters. The SMILES string of the molecule is CC(CC(C)(N)C(=O)O)N1CCn2ccnc2C1. The van der Waals surface area contributed by atoms with E-state index >= 15 is 0 Å². The van der Waals surface area contributed by atoms with Crippen LogP contribution in [0.15, 0.2) is 12.4 Å². The highest BCUT2D eigenvalue weighted by atomic mass is 16.4. The molecule has 0 aliphatic carbocycles. The number of hydrogen-bond donors (Lipinski definition) is 2. The molecule has 0 saturated heterocycles. The third-order valence-electron chi connectivity index (χ3n) is 3.61. The van der Waals surface area contributed by atoms with Crippen molar-refractivity contribution in [2.75, 3.05) is 6.54 Å². The Morgan fingerprint density at radius 3 is 3.06 bits per heavy atom. The molecule has 1 aliphatic rings. The average Bonchev–Trinajstić information content (AvgIpc) is 2.74. The standard InChI is InChI=1S/C12H20N4O2/c1-9(7-12(2,13)11(17)18)16-6-5-15-4-3-14-10(15)8-16/h3-4,9H,5-8,13H2,1-2H3,(H,17,18). The Morgan fingerprint density at radius 1 is 1.67 bits per heavy atom. The zero-order valence-electron chi connectivity index (χ0n) is 10.8. The van der Waals surface area contributed by atoms with Gasteiger partial charge in [0.1, 0.15) is 11.4 Å². The average molecular weight is 252 g/mol. The van der Waals surface area contributed by atoms with Crippen molar-refractivity contribution in [3.05, 3.63) is 18.2 Å². The van der Waals surface area contributed by atoms with Crippen molar-refractivity contribution >= 4 is 5.97 Å². The van der Waals surface area contributed by atoms with Gasteiger partial charge in [-0.1, -0.05) is 0 Å². The Labute approximate surface area is 106 Å². The summed E-state index contributed by atoms with van der Waals surface area (Å²) in [6, 6.07) is 0.126. The molecule has 6 nitrogen and oxygen atoms in total. The summed E-state index contributed by atoms with van der Waals surface area (Å²) in [6.07, 6.45) is 4.21. The van der Waals surface area contributed by atoms with Crippen LogP contribution in [0.5, 0.6) is 0 Å². The van der Waals surface area contributed by atoms with Crippen LogP contribution in [0, 0.1) is 0 Å². The highest BCUT2D eigenvalue weighted by Crippen LogP contribution is 2.19. The summed E-state index contributed by atoms with van der Waals surface area (Å²) in [5.41, 5.74) is 4.62. The molecule has 0 spiro atoms. The minimum atomic E-state index is -1.17. The van der Waals surface area contributed by atoms with E-state index in [1.165, 1.54) is 0 Å². The first-order valence-electron chi connectivity index (χ1n) is 6.16. The molecule has 2 heterocycles. The monoisotopic (exact) mass is 252 g/mol. The Bertz CT molecular complexity index is 441. The summed E-state index contributed by atoms with van der Waals surface area (Å²) < 4.78 is 2.13. The fraction of sp³-hybridized carbons (Fsp3) is 0.667. The van der Waals surface area contributed by atoms with Gasteiger partial charge in [0.15, 0.2) is 0 Å². The molecule has 1 aromatic rings. The van der Waals surface area contributed by atoms with Gasteiger partial charge in [0, 0.05) is 31.5 Å². The maximum absolute atomic E-state index is 11.0. The number of imidazole rings is 1. The predicted octanol–water partition coefficient (Wildman–Crippen LogP) is 0.279. The van der Waals surface area contributed by atoms with E-state index in [-0.39, 0.29) is 6.04 Å². The zero-order valence-corrected chi connectivity index (χ0v) is 10.8. The van der Waals surface area contributed by atoms with Crippen LogP contribution in [0.3, 0.4) is 0 Å². The number of aliphatic carboxylic acids is 1. The third-order valence-corrected chi connectivity index (χ3v) is 3.61. The van der Waals surface area contributed by atoms with Gasteiger partial charge in [-0.2, -0.15) is 0 Å². The van der Waals surface area contributed by atoms with Crippen LogP contribution in [0.2, 0.25) is 0 Å². The maximum Gasteiger partial charge on any atom is 0.323 e. The number of carbonyl (C=O) groups is 1. The van der Waals surface area contributed by atoms with E-state index in [0.29, 0.717) is 6.42 Å². The quantitative estimate of drug-likeness (QED) is 0.804. The number of nitrogens with two attached hydrogens (primary N) is 1. The van der Waals surface area contributed by atoms with E-state index in [4.69, 9.17) is 10.8 Å². The van der Waals surface area contributed by atoms with Crippen LogP contribution >= 0.6 is 0 Å². The third kappa shape index (κ3) is 2.54. The lowest BCUT2D eigenvalue weighted by atomic mass is 9.94. The molecule has 0 amide bonds. The molecule has 1 aromatic heterocycles. The lowest BCUT2D eigenvalue weighted by molar-refractivity contribution is -0.143. The Hall–Kier alpha value is -1.40. The van der Waals surface area contributed by atoms with Gasteiger partial charge >= 0.3 is 5.97 Å². The summed E-state index contributed by atoms with van der Waals surface area (Å²) in [6.45, 7) is 6.14. The highest BCUT2D eigenvalue weighted by Gasteiger charge is 2.32. The van der Waals surface area contributed by atoms with E-state index < -0.39 is 11.5 Å². The molecular weight excluding hydrogens is 232 g/mol. The first kappa shape index (κ1) is 13.0. The van der Waals surface area contributed by atoms with Gasteiger partial charge in [-0.25, -0.2) is 4.98 Å². The molecule has 100 valence electrons. The van der Waals surface area contributed by atoms with Crippen molar-refractivity contribution in [3.63, 3.8) is 0 Å². The lowest BCUT2D eigenvalue weighted by Gasteiger charge is -2.35. The summed E-state index contributed by atoms with van der Waals surface area (Å²) in [4.78, 5) is 17.6. The Morgan fingerprint density at radius 2 is 2.39 bits per heavy atom. The van der Waals surface area contributed by atoms with Crippen molar-refractivity contribution in [1.29, 1.82) is 0 Å². The van der Waals surface area contributed by atoms with E-state index in [2.05, 4.69) is 14.5 Å². The number of nitrogens with zero attached hydrogens (tertiary/aromatic N) is 3. The van der Waals surface area contributed by atoms with Crippen LogP contribution in [-0.2, 0) is 17.9 Å². The molecule has 0 radical (unpaired) electrons. The molecule has 1 aliphatic heterocycles. The van der Waals surface area contributed by atoms with E-state index in [0.717, 1.165) is 25.5 Å². The van der Waals surface area contributed by atoms with Crippen molar-refractivity contribution < 1.29 is 9.90 Å². The first-order valence-corrected chi connectivity index (χ1v) is 6.16. The molecule has 0 fully saturated rings. The number of fused-ring (bicyclic) bond motifs is 1. The number of hydrogen-bond acceptors (Lipinski definition) is 4. The van der Waals surface area contributed by atoms with Gasteiger partial charge in [-0.3, -0.25) is 9.69 Å². The van der Waals surface area contributed by atoms with Crippen LogP contribution in [0.4, 0.5) is 0 Å². The number of carboxylic acids is 1. The molecule has 2 unspecified atom stereocenters. The lowest BCUT2D eigenvalue weighted by Crippen LogP contribution is -2.51. The second-order valence-electron chi connectivity index (χ2n) is 5.28. The summed E-state index contributed by atoms with van der Waals surface area (Å²) in [5, 5.41) is 9.05. The van der Waals surface area contributed by atoms with Gasteiger partial charge < -0.3 is 15.4 Å². The molecule has 0 bridgehead atoms. The molecular formula is C12H20N4O2. The smallest absolute Gasteiger partial charge is 0.323 e. The topological polar surface area (TPSA) is 84.4 Å². The second-order valence-corrected chi connectivity index (χ2v) is 5.28. The number of rotatable bonds is 4. The number of carboxylic acid groups (broad SMARTS) is 1. The van der Waals surface area contributed by atoms with Crippen LogP contribution in [0.1, 0.15) is 26.1 Å². The summed E-state index contributed by atoms with van der Waals surface area (Å²) >= 11 is 0. The van der Waals surface area contributed by atoms with Gasteiger partial charge in [-0.15, -0.1) is 0 Å². The molecule has 2 rings (SSSR count). The largest absolute Gasteiger partial charge is 0.480 e. The van der Waals surface area contributed by atoms with Gasteiger partial charge in [-0.05, 0) is 20.3 Å². The molecule has 3 N–H and O–H groups in total. The van der Waals surface area contributed by atoms with Gasteiger partial charge in [0.2, 0.25) is 0 Å². The fourth-order valence-corrected chi connectivity index (χ4v) is 2.40. The van der Waals surface area contributed by atoms with Crippen LogP contribution in [0.25, 0.3) is 0 Å². The minimum absolute atomic E-state index is 0.126. The molecule has 6 heteroatoms. The predicted molar refractivity (Wildman–Crippen MR) is 66.9 cm³/mol. The Balaban J connectivity index is 1.99. The number of aromatic nitrogens is 2.